The molecule has 1 aromatic rings. The van der Waals surface area contributed by atoms with Gasteiger partial charge in [0.2, 0.25) is 5.91 Å². The maximum atomic E-state index is 12.0. The molecule has 5 nitrogen and oxygen atoms in total. The van der Waals surface area contributed by atoms with Gasteiger partial charge in [-0.05, 0) is 37.5 Å². The molecule has 0 aliphatic rings. The Balaban J connectivity index is 2.78. The molecule has 0 bridgehead atoms. The second-order valence-electron chi connectivity index (χ2n) is 6.30. The van der Waals surface area contributed by atoms with E-state index >= 15 is 0 Å². The number of urea groups is 1. The Morgan fingerprint density at radius 2 is 1.64 bits per heavy atom. The number of anilines is 2. The van der Waals surface area contributed by atoms with E-state index < -0.39 is 0 Å². The molecule has 0 aliphatic carbocycles. The molecule has 122 valence electrons. The van der Waals surface area contributed by atoms with Crippen LogP contribution in [0, 0.1) is 18.8 Å². The molecule has 0 saturated carbocycles. The van der Waals surface area contributed by atoms with Crippen molar-refractivity contribution in [2.24, 2.45) is 11.8 Å². The second kappa shape index (κ2) is 7.82. The highest BCUT2D eigenvalue weighted by molar-refractivity contribution is 5.94. The van der Waals surface area contributed by atoms with Crippen LogP contribution in [-0.2, 0) is 4.79 Å². The van der Waals surface area contributed by atoms with Crippen molar-refractivity contribution >= 4 is 23.3 Å². The van der Waals surface area contributed by atoms with Crippen molar-refractivity contribution in [3.8, 4) is 0 Å². The summed E-state index contributed by atoms with van der Waals surface area (Å²) < 4.78 is 0. The summed E-state index contributed by atoms with van der Waals surface area (Å²) >= 11 is 0. The summed E-state index contributed by atoms with van der Waals surface area (Å²) in [4.78, 5) is 23.8. The van der Waals surface area contributed by atoms with E-state index in [1.807, 2.05) is 39.8 Å². The Hall–Kier alpha value is -2.04. The van der Waals surface area contributed by atoms with Gasteiger partial charge in [-0.1, -0.05) is 33.8 Å². The number of nitrogens with one attached hydrogen (secondary N) is 3. The summed E-state index contributed by atoms with van der Waals surface area (Å²) in [6, 6.07) is 5.32. The first-order valence-electron chi connectivity index (χ1n) is 7.69. The molecule has 0 spiro atoms. The van der Waals surface area contributed by atoms with Gasteiger partial charge in [-0.25, -0.2) is 4.79 Å². The zero-order valence-electron chi connectivity index (χ0n) is 14.3. The van der Waals surface area contributed by atoms with Crippen LogP contribution in [0.25, 0.3) is 0 Å². The van der Waals surface area contributed by atoms with Gasteiger partial charge in [0.15, 0.2) is 0 Å². The first-order chi connectivity index (χ1) is 10.2. The zero-order valence-corrected chi connectivity index (χ0v) is 14.3. The van der Waals surface area contributed by atoms with Crippen LogP contribution >= 0.6 is 0 Å². The number of hydrogen-bond donors (Lipinski definition) is 3. The van der Waals surface area contributed by atoms with E-state index in [0.29, 0.717) is 17.3 Å². The highest BCUT2D eigenvalue weighted by Crippen LogP contribution is 2.21. The average molecular weight is 305 g/mol. The van der Waals surface area contributed by atoms with Gasteiger partial charge >= 0.3 is 6.03 Å². The number of rotatable bonds is 5. The molecule has 3 amide bonds. The van der Waals surface area contributed by atoms with Gasteiger partial charge in [-0.2, -0.15) is 0 Å². The quantitative estimate of drug-likeness (QED) is 0.775. The van der Waals surface area contributed by atoms with Crippen molar-refractivity contribution < 1.29 is 9.59 Å². The fourth-order valence-corrected chi connectivity index (χ4v) is 1.65. The monoisotopic (exact) mass is 305 g/mol. The summed E-state index contributed by atoms with van der Waals surface area (Å²) in [5, 5.41) is 8.56. The van der Waals surface area contributed by atoms with Crippen LogP contribution in [0.2, 0.25) is 0 Å². The van der Waals surface area contributed by atoms with Crippen LogP contribution in [0.1, 0.15) is 40.2 Å². The molecule has 0 fully saturated rings. The van der Waals surface area contributed by atoms with E-state index in [-0.39, 0.29) is 23.9 Å². The van der Waals surface area contributed by atoms with Gasteiger partial charge in [-0.3, -0.25) is 4.79 Å². The number of carbonyl (C=O) groups excluding carboxylic acids is 2. The van der Waals surface area contributed by atoms with Crippen LogP contribution < -0.4 is 16.0 Å². The number of aryl methyl sites for hydroxylation is 1. The number of carbonyl (C=O) groups is 2. The van der Waals surface area contributed by atoms with Crippen molar-refractivity contribution in [2.75, 3.05) is 10.6 Å². The van der Waals surface area contributed by atoms with Crippen molar-refractivity contribution in [1.29, 1.82) is 0 Å². The third-order valence-corrected chi connectivity index (χ3v) is 3.64. The average Bonchev–Trinajstić information content (AvgIpc) is 2.42. The third-order valence-electron chi connectivity index (χ3n) is 3.64. The van der Waals surface area contributed by atoms with Gasteiger partial charge in [0.25, 0.3) is 0 Å². The van der Waals surface area contributed by atoms with Crippen molar-refractivity contribution in [3.63, 3.8) is 0 Å². The largest absolute Gasteiger partial charge is 0.335 e. The maximum Gasteiger partial charge on any atom is 0.319 e. The number of hydrogen-bond acceptors (Lipinski definition) is 2. The smallest absolute Gasteiger partial charge is 0.319 e. The van der Waals surface area contributed by atoms with Crippen LogP contribution in [0.3, 0.4) is 0 Å². The second-order valence-corrected chi connectivity index (χ2v) is 6.30. The van der Waals surface area contributed by atoms with E-state index in [2.05, 4.69) is 29.8 Å². The lowest BCUT2D eigenvalue weighted by Gasteiger charge is -2.19. The van der Waals surface area contributed by atoms with Gasteiger partial charge in [0.05, 0.1) is 0 Å². The standard InChI is InChI=1S/C17H27N3O2/c1-10(2)13(6)18-17(22)20-15-9-14(8-7-12(15)5)19-16(21)11(3)4/h7-11,13H,1-6H3,(H,19,21)(H2,18,20,22)/t13-/m1/s1. The van der Waals surface area contributed by atoms with Crippen molar-refractivity contribution in [1.82, 2.24) is 5.32 Å². The lowest BCUT2D eigenvalue weighted by Crippen LogP contribution is -2.39. The van der Waals surface area contributed by atoms with E-state index in [4.69, 9.17) is 0 Å². The molecule has 1 atom stereocenters. The SMILES string of the molecule is Cc1ccc(NC(=O)C(C)C)cc1NC(=O)N[C@H](C)C(C)C. The predicted octanol–water partition coefficient (Wildman–Crippen LogP) is 3.76. The summed E-state index contributed by atoms with van der Waals surface area (Å²) in [7, 11) is 0. The molecule has 3 N–H and O–H groups in total. The Bertz CT molecular complexity index is 539. The molecule has 5 heteroatoms. The highest BCUT2D eigenvalue weighted by atomic mass is 16.2. The van der Waals surface area contributed by atoms with E-state index in [9.17, 15) is 9.59 Å². The highest BCUT2D eigenvalue weighted by Gasteiger charge is 2.13. The molecule has 0 unspecified atom stereocenters. The molecule has 22 heavy (non-hydrogen) atoms. The van der Waals surface area contributed by atoms with Crippen LogP contribution in [-0.4, -0.2) is 18.0 Å². The normalized spacial score (nSPS) is 12.2. The van der Waals surface area contributed by atoms with Crippen LogP contribution in [0.15, 0.2) is 18.2 Å². The minimum Gasteiger partial charge on any atom is -0.335 e. The number of amides is 3. The van der Waals surface area contributed by atoms with Gasteiger partial charge < -0.3 is 16.0 Å². The van der Waals surface area contributed by atoms with Gasteiger partial charge in [-0.15, -0.1) is 0 Å². The van der Waals surface area contributed by atoms with Crippen LogP contribution in [0.4, 0.5) is 16.2 Å². The Morgan fingerprint density at radius 3 is 2.18 bits per heavy atom. The molecule has 0 radical (unpaired) electrons. The van der Waals surface area contributed by atoms with Crippen molar-refractivity contribution in [2.45, 2.75) is 47.6 Å². The summed E-state index contributed by atoms with van der Waals surface area (Å²) in [6.07, 6.45) is 0. The lowest BCUT2D eigenvalue weighted by atomic mass is 10.1. The van der Waals surface area contributed by atoms with E-state index in [0.717, 1.165) is 5.56 Å². The molecular weight excluding hydrogens is 278 g/mol. The molecule has 0 aromatic heterocycles. The minimum atomic E-state index is -0.239. The Kier molecular flexibility index (Phi) is 6.40. The fraction of sp³-hybridized carbons (Fsp3) is 0.529. The summed E-state index contributed by atoms with van der Waals surface area (Å²) in [5.74, 6) is 0.226. The predicted molar refractivity (Wildman–Crippen MR) is 91.1 cm³/mol. The first kappa shape index (κ1) is 18.0. The molecular formula is C17H27N3O2. The molecule has 0 aliphatic heterocycles. The van der Waals surface area contributed by atoms with Crippen molar-refractivity contribution in [3.05, 3.63) is 23.8 Å². The van der Waals surface area contributed by atoms with Crippen LogP contribution in [0.5, 0.6) is 0 Å². The van der Waals surface area contributed by atoms with E-state index in [1.165, 1.54) is 0 Å². The third kappa shape index (κ3) is 5.39. The summed E-state index contributed by atoms with van der Waals surface area (Å²) in [5.41, 5.74) is 2.31. The lowest BCUT2D eigenvalue weighted by molar-refractivity contribution is -0.118. The minimum absolute atomic E-state index is 0.0484. The molecule has 0 heterocycles. The fourth-order valence-electron chi connectivity index (χ4n) is 1.65. The topological polar surface area (TPSA) is 70.2 Å². The molecule has 1 rings (SSSR count). The summed E-state index contributed by atoms with van der Waals surface area (Å²) in [6.45, 7) is 11.7. The molecule has 1 aromatic carbocycles. The van der Waals surface area contributed by atoms with Gasteiger partial charge in [0.1, 0.15) is 0 Å². The first-order valence-corrected chi connectivity index (χ1v) is 7.69. The Morgan fingerprint density at radius 1 is 1.00 bits per heavy atom. The molecule has 0 saturated heterocycles. The number of benzene rings is 1. The van der Waals surface area contributed by atoms with Gasteiger partial charge in [0, 0.05) is 23.3 Å². The maximum absolute atomic E-state index is 12.0. The zero-order chi connectivity index (χ0) is 16.9. The van der Waals surface area contributed by atoms with E-state index in [1.54, 1.807) is 6.07 Å². The Labute approximate surface area is 132 Å².